The van der Waals surface area contributed by atoms with Gasteiger partial charge in [-0.3, -0.25) is 9.59 Å². The first kappa shape index (κ1) is 31.4. The number of phenols is 1. The van der Waals surface area contributed by atoms with E-state index in [1.54, 1.807) is 57.7 Å². The predicted molar refractivity (Wildman–Crippen MR) is 150 cm³/mol. The van der Waals surface area contributed by atoms with Crippen LogP contribution in [0.1, 0.15) is 116 Å². The molecular formula is C30H49N3O5. The molecule has 0 radical (unpaired) electrons. The highest BCUT2D eigenvalue weighted by atomic mass is 16.6. The zero-order chi connectivity index (χ0) is 28.3. The largest absolute Gasteiger partial charge is 0.508 e. The van der Waals surface area contributed by atoms with Gasteiger partial charge >= 0.3 is 6.09 Å². The summed E-state index contributed by atoms with van der Waals surface area (Å²) in [5.74, 6) is -0.438. The Hall–Kier alpha value is -2.77. The number of aryl methyl sites for hydroxylation is 1. The van der Waals surface area contributed by atoms with Gasteiger partial charge in [-0.05, 0) is 77.1 Å². The molecule has 1 aliphatic rings. The lowest BCUT2D eigenvalue weighted by atomic mass is 9.94. The van der Waals surface area contributed by atoms with E-state index in [1.807, 2.05) is 0 Å². The summed E-state index contributed by atoms with van der Waals surface area (Å²) in [6.07, 6.45) is 9.46. The minimum atomic E-state index is -0.885. The molecule has 0 aliphatic heterocycles. The fraction of sp³-hybridized carbons (Fsp3) is 0.700. The molecule has 0 heterocycles. The predicted octanol–water partition coefficient (Wildman–Crippen LogP) is 5.90. The number of unbranched alkanes of at least 4 members (excludes halogenated alkanes) is 4. The van der Waals surface area contributed by atoms with Gasteiger partial charge in [0.15, 0.2) is 0 Å². The van der Waals surface area contributed by atoms with Crippen LogP contribution in [0.4, 0.5) is 4.79 Å². The molecule has 8 heteroatoms. The molecule has 214 valence electrons. The van der Waals surface area contributed by atoms with Crippen molar-refractivity contribution in [2.75, 3.05) is 6.54 Å². The number of nitrogens with zero attached hydrogens (tertiary/aromatic N) is 1. The zero-order valence-corrected chi connectivity index (χ0v) is 24.3. The molecule has 0 bridgehead atoms. The number of carbonyl (C=O) groups excluding carboxylic acids is 3. The monoisotopic (exact) mass is 531 g/mol. The molecule has 2 atom stereocenters. The third kappa shape index (κ3) is 10.2. The van der Waals surface area contributed by atoms with Crippen molar-refractivity contribution >= 4 is 17.9 Å². The lowest BCUT2D eigenvalue weighted by Crippen LogP contribution is -2.53. The number of phenolic OH excluding ortho intramolecular Hbond substituents is 1. The number of alkyl carbamates (subject to hydrolysis) is 1. The Morgan fingerprint density at radius 1 is 1.08 bits per heavy atom. The highest BCUT2D eigenvalue weighted by Crippen LogP contribution is 2.28. The van der Waals surface area contributed by atoms with E-state index in [0.717, 1.165) is 57.8 Å². The Morgan fingerprint density at radius 2 is 1.74 bits per heavy atom. The zero-order valence-electron chi connectivity index (χ0n) is 24.3. The number of amides is 3. The molecule has 1 aromatic rings. The van der Waals surface area contributed by atoms with Crippen LogP contribution in [0.15, 0.2) is 18.2 Å². The molecule has 2 unspecified atom stereocenters. The van der Waals surface area contributed by atoms with E-state index in [0.29, 0.717) is 17.7 Å². The molecule has 8 nitrogen and oxygen atoms in total. The van der Waals surface area contributed by atoms with Crippen LogP contribution in [0.25, 0.3) is 0 Å². The quantitative estimate of drug-likeness (QED) is 0.291. The standard InChI is InChI=1S/C30H49N3O5/c1-7-8-9-10-14-19-33(28(36)22(3)31-29(37)38-30(4,5)6)26(23-17-18-25(34)21(2)20-23)27(35)32-24-15-12-11-13-16-24/h17-18,20,22,24,26,34H,7-16,19H2,1-6H3,(H,31,37)(H,32,35). The van der Waals surface area contributed by atoms with Crippen molar-refractivity contribution in [3.63, 3.8) is 0 Å². The number of carbonyl (C=O) groups is 3. The average molecular weight is 532 g/mol. The molecular weight excluding hydrogens is 482 g/mol. The van der Waals surface area contributed by atoms with Gasteiger partial charge < -0.3 is 25.4 Å². The summed E-state index contributed by atoms with van der Waals surface area (Å²) in [7, 11) is 0. The van der Waals surface area contributed by atoms with Crippen molar-refractivity contribution in [3.05, 3.63) is 29.3 Å². The summed E-state index contributed by atoms with van der Waals surface area (Å²) in [5, 5.41) is 16.0. The fourth-order valence-electron chi connectivity index (χ4n) is 4.90. The van der Waals surface area contributed by atoms with Gasteiger partial charge in [-0.2, -0.15) is 0 Å². The molecule has 1 aliphatic carbocycles. The van der Waals surface area contributed by atoms with Gasteiger partial charge in [0.25, 0.3) is 0 Å². The molecule has 1 saturated carbocycles. The highest BCUT2D eigenvalue weighted by molar-refractivity contribution is 5.92. The second-order valence-corrected chi connectivity index (χ2v) is 11.6. The molecule has 1 fully saturated rings. The van der Waals surface area contributed by atoms with Gasteiger partial charge in [-0.25, -0.2) is 4.79 Å². The van der Waals surface area contributed by atoms with Crippen LogP contribution in [-0.2, 0) is 14.3 Å². The van der Waals surface area contributed by atoms with Crippen LogP contribution in [0.3, 0.4) is 0 Å². The lowest BCUT2D eigenvalue weighted by Gasteiger charge is -2.35. The van der Waals surface area contributed by atoms with Crippen molar-refractivity contribution in [3.8, 4) is 5.75 Å². The van der Waals surface area contributed by atoms with Crippen molar-refractivity contribution in [1.82, 2.24) is 15.5 Å². The Kier molecular flexibility index (Phi) is 12.4. The number of hydrogen-bond acceptors (Lipinski definition) is 5. The normalized spacial score (nSPS) is 15.8. The van der Waals surface area contributed by atoms with Crippen molar-refractivity contribution in [2.45, 2.75) is 129 Å². The topological polar surface area (TPSA) is 108 Å². The number of benzene rings is 1. The van der Waals surface area contributed by atoms with Crippen LogP contribution in [0.5, 0.6) is 5.75 Å². The van der Waals surface area contributed by atoms with E-state index in [4.69, 9.17) is 4.74 Å². The molecule has 3 amide bonds. The number of rotatable bonds is 12. The summed E-state index contributed by atoms with van der Waals surface area (Å²) in [6, 6.07) is 3.36. The third-order valence-corrected chi connectivity index (χ3v) is 6.94. The Balaban J connectivity index is 2.37. The van der Waals surface area contributed by atoms with Gasteiger partial charge in [0.05, 0.1) is 0 Å². The molecule has 1 aromatic carbocycles. The lowest BCUT2D eigenvalue weighted by molar-refractivity contribution is -0.142. The van der Waals surface area contributed by atoms with E-state index < -0.39 is 23.8 Å². The first-order valence-electron chi connectivity index (χ1n) is 14.3. The van der Waals surface area contributed by atoms with E-state index in [1.165, 1.54) is 6.42 Å². The SMILES string of the molecule is CCCCCCCN(C(=O)C(C)NC(=O)OC(C)(C)C)C(C(=O)NC1CCCCC1)c1ccc(O)c(C)c1. The smallest absolute Gasteiger partial charge is 0.408 e. The van der Waals surface area contributed by atoms with E-state index in [-0.39, 0.29) is 23.6 Å². The maximum Gasteiger partial charge on any atom is 0.408 e. The number of hydrogen-bond donors (Lipinski definition) is 3. The molecule has 0 spiro atoms. The third-order valence-electron chi connectivity index (χ3n) is 6.94. The van der Waals surface area contributed by atoms with Crippen molar-refractivity contribution < 1.29 is 24.2 Å². The molecule has 38 heavy (non-hydrogen) atoms. The first-order chi connectivity index (χ1) is 17.9. The molecule has 2 rings (SSSR count). The minimum Gasteiger partial charge on any atom is -0.508 e. The van der Waals surface area contributed by atoms with Crippen LogP contribution in [0.2, 0.25) is 0 Å². The number of ether oxygens (including phenoxy) is 1. The van der Waals surface area contributed by atoms with Crippen LogP contribution < -0.4 is 10.6 Å². The fourth-order valence-corrected chi connectivity index (χ4v) is 4.90. The molecule has 0 aromatic heterocycles. The van der Waals surface area contributed by atoms with Crippen LogP contribution in [0, 0.1) is 6.92 Å². The maximum atomic E-state index is 13.9. The van der Waals surface area contributed by atoms with E-state index >= 15 is 0 Å². The Labute approximate surface area is 228 Å². The van der Waals surface area contributed by atoms with Gasteiger partial charge in [-0.15, -0.1) is 0 Å². The van der Waals surface area contributed by atoms with Gasteiger partial charge in [0, 0.05) is 12.6 Å². The second-order valence-electron chi connectivity index (χ2n) is 11.6. The summed E-state index contributed by atoms with van der Waals surface area (Å²) in [5.41, 5.74) is 0.575. The van der Waals surface area contributed by atoms with Gasteiger partial charge in [-0.1, -0.05) is 57.9 Å². The number of aromatic hydroxyl groups is 1. The Bertz CT molecular complexity index is 921. The van der Waals surface area contributed by atoms with E-state index in [2.05, 4.69) is 17.6 Å². The van der Waals surface area contributed by atoms with Gasteiger partial charge in [0.2, 0.25) is 11.8 Å². The van der Waals surface area contributed by atoms with Crippen LogP contribution >= 0.6 is 0 Å². The summed E-state index contributed by atoms with van der Waals surface area (Å²) >= 11 is 0. The summed E-state index contributed by atoms with van der Waals surface area (Å²) in [4.78, 5) is 41.7. The second kappa shape index (κ2) is 15.0. The van der Waals surface area contributed by atoms with Gasteiger partial charge in [0.1, 0.15) is 23.4 Å². The van der Waals surface area contributed by atoms with Crippen molar-refractivity contribution in [1.29, 1.82) is 0 Å². The summed E-state index contributed by atoms with van der Waals surface area (Å²) < 4.78 is 5.36. The Morgan fingerprint density at radius 3 is 2.34 bits per heavy atom. The van der Waals surface area contributed by atoms with Crippen LogP contribution in [-0.4, -0.2) is 52.1 Å². The molecule has 3 N–H and O–H groups in total. The minimum absolute atomic E-state index is 0.0794. The molecule has 0 saturated heterocycles. The van der Waals surface area contributed by atoms with E-state index in [9.17, 15) is 19.5 Å². The maximum absolute atomic E-state index is 13.9. The van der Waals surface area contributed by atoms with Crippen molar-refractivity contribution in [2.24, 2.45) is 0 Å². The number of nitrogens with one attached hydrogen (secondary N) is 2. The average Bonchev–Trinajstić information content (AvgIpc) is 2.84. The summed E-state index contributed by atoms with van der Waals surface area (Å²) in [6.45, 7) is 11.2. The highest BCUT2D eigenvalue weighted by Gasteiger charge is 2.35. The first-order valence-corrected chi connectivity index (χ1v) is 14.3.